The van der Waals surface area contributed by atoms with Crippen LogP contribution >= 0.6 is 15.8 Å². The summed E-state index contributed by atoms with van der Waals surface area (Å²) in [6, 6.07) is 70.9. The van der Waals surface area contributed by atoms with E-state index in [1.54, 1.807) is 0 Å². The van der Waals surface area contributed by atoms with Crippen LogP contribution in [0.1, 0.15) is 75.6 Å². The summed E-state index contributed by atoms with van der Waals surface area (Å²) in [7, 11) is -2.64. The Balaban J connectivity index is 1.33. The summed E-state index contributed by atoms with van der Waals surface area (Å²) in [4.78, 5) is 29.1. The van der Waals surface area contributed by atoms with Gasteiger partial charge in [-0.15, -0.1) is 0 Å². The predicted molar refractivity (Wildman–Crippen MR) is 287 cm³/mol. The van der Waals surface area contributed by atoms with Gasteiger partial charge in [-0.2, -0.15) is 0 Å². The van der Waals surface area contributed by atoms with Gasteiger partial charge in [0.2, 0.25) is 0 Å². The molecule has 0 fully saturated rings. The highest BCUT2D eigenvalue weighted by Gasteiger charge is 2.32. The van der Waals surface area contributed by atoms with Crippen molar-refractivity contribution in [3.05, 3.63) is 229 Å². The highest BCUT2D eigenvalue weighted by molar-refractivity contribution is 7.81. The second-order valence-electron chi connectivity index (χ2n) is 18.3. The normalized spacial score (nSPS) is 12.3. The molecule has 0 unspecified atom stereocenters. The number of hydrogen-bond acceptors (Lipinski definition) is 4. The van der Waals surface area contributed by atoms with Crippen molar-refractivity contribution in [2.75, 3.05) is 0 Å². The largest absolute Gasteiger partial charge is 0.425 e. The first-order chi connectivity index (χ1) is 33.0. The number of rotatable bonds is 17. The molecule has 0 bridgehead atoms. The lowest BCUT2D eigenvalue weighted by molar-refractivity contribution is -0.136. The summed E-state index contributed by atoms with van der Waals surface area (Å²) >= 11 is 0. The number of carbonyl (C=O) groups is 2. The Morgan fingerprint density at radius 2 is 0.662 bits per heavy atom. The van der Waals surface area contributed by atoms with Crippen LogP contribution in [0.3, 0.4) is 0 Å². The lowest BCUT2D eigenvalue weighted by Crippen LogP contribution is -2.29. The average molecular weight is 931 g/mol. The third-order valence-corrected chi connectivity index (χ3v) is 17.2. The Morgan fingerprint density at radius 3 is 0.941 bits per heavy atom. The first kappa shape index (κ1) is 48.0. The van der Waals surface area contributed by atoms with E-state index < -0.39 is 27.7 Å². The molecule has 0 aliphatic rings. The number of benzene rings is 8. The van der Waals surface area contributed by atoms with Gasteiger partial charge in [0.05, 0.1) is 11.8 Å². The van der Waals surface area contributed by atoms with Crippen LogP contribution in [0.15, 0.2) is 206 Å². The molecule has 0 amide bonds. The van der Waals surface area contributed by atoms with E-state index in [1.165, 1.54) is 11.1 Å². The molecule has 0 aliphatic heterocycles. The van der Waals surface area contributed by atoms with E-state index in [1.807, 2.05) is 62.4 Å². The summed E-state index contributed by atoms with van der Waals surface area (Å²) in [6.07, 6.45) is 1.95. The van der Waals surface area contributed by atoms with Crippen LogP contribution in [-0.2, 0) is 22.4 Å². The molecular formula is C62H60O4P2. The Bertz CT molecular complexity index is 2620. The Morgan fingerprint density at radius 1 is 0.368 bits per heavy atom. The van der Waals surface area contributed by atoms with Crippen molar-refractivity contribution in [3.63, 3.8) is 0 Å². The van der Waals surface area contributed by atoms with Crippen molar-refractivity contribution < 1.29 is 19.1 Å². The van der Waals surface area contributed by atoms with Crippen LogP contribution in [-0.4, -0.2) is 11.9 Å². The molecule has 0 saturated heterocycles. The fourth-order valence-electron chi connectivity index (χ4n) is 8.72. The second kappa shape index (κ2) is 22.6. The Hall–Kier alpha value is -6.44. The molecule has 8 rings (SSSR count). The molecule has 0 aliphatic carbocycles. The highest BCUT2D eigenvalue weighted by Crippen LogP contribution is 2.46. The molecule has 0 N–H and O–H groups in total. The van der Waals surface area contributed by atoms with E-state index in [4.69, 9.17) is 9.47 Å². The topological polar surface area (TPSA) is 52.6 Å². The zero-order valence-corrected chi connectivity index (χ0v) is 41.7. The molecule has 0 heterocycles. The van der Waals surface area contributed by atoms with Crippen molar-refractivity contribution in [1.82, 2.24) is 0 Å². The van der Waals surface area contributed by atoms with Crippen molar-refractivity contribution in [2.24, 2.45) is 11.8 Å². The third-order valence-electron chi connectivity index (χ3n) is 12.2. The van der Waals surface area contributed by atoms with Crippen LogP contribution in [0, 0.1) is 11.8 Å². The zero-order chi connectivity index (χ0) is 47.6. The van der Waals surface area contributed by atoms with Gasteiger partial charge in [0, 0.05) is 10.6 Å². The molecule has 8 aromatic rings. The second-order valence-corrected chi connectivity index (χ2v) is 22.6. The van der Waals surface area contributed by atoms with E-state index in [9.17, 15) is 9.59 Å². The van der Waals surface area contributed by atoms with E-state index >= 15 is 0 Å². The predicted octanol–water partition coefficient (Wildman–Crippen LogP) is 12.7. The summed E-state index contributed by atoms with van der Waals surface area (Å²) in [5.74, 6) is 0.364. The molecule has 6 heteroatoms. The summed E-state index contributed by atoms with van der Waals surface area (Å²) < 4.78 is 13.4. The van der Waals surface area contributed by atoms with Gasteiger partial charge in [0.15, 0.2) is 0 Å². The third kappa shape index (κ3) is 11.4. The van der Waals surface area contributed by atoms with Crippen LogP contribution < -0.4 is 41.3 Å². The minimum absolute atomic E-state index is 0.332. The zero-order valence-electron chi connectivity index (χ0n) is 39.9. The maximum Gasteiger partial charge on any atom is 0.318 e. The average Bonchev–Trinajstić information content (AvgIpc) is 3.36. The van der Waals surface area contributed by atoms with E-state index in [2.05, 4.69) is 185 Å². The standard InChI is InChI=1S/C62H60O4P2/c1-43(2)41-47-33-37-49(38-34-47)45(5)61(63)65-57-31-19-29-55(59(57)67(51-21-11-7-12-22-51)52-23-13-8-14-24-52)56-30-20-32-58(66-62(64)46(6)50-39-35-48(36-40-50)42-44(3)4)60(56)68(53-25-15-9-16-26-53)54-27-17-10-18-28-54/h7-40,43-46H,41-42H2,1-6H3/t45-,46-/m0/s1. The highest BCUT2D eigenvalue weighted by atomic mass is 31.1. The fraction of sp³-hybridized carbons (Fsp3) is 0.194. The molecule has 0 aromatic heterocycles. The quantitative estimate of drug-likeness (QED) is 0.0519. The molecule has 4 nitrogen and oxygen atoms in total. The molecular weight excluding hydrogens is 871 g/mol. The van der Waals surface area contributed by atoms with Gasteiger partial charge < -0.3 is 9.47 Å². The van der Waals surface area contributed by atoms with Crippen LogP contribution in [0.4, 0.5) is 0 Å². The lowest BCUT2D eigenvalue weighted by Gasteiger charge is -2.29. The van der Waals surface area contributed by atoms with Crippen molar-refractivity contribution >= 4 is 59.6 Å². The summed E-state index contributed by atoms with van der Waals surface area (Å²) in [6.45, 7) is 12.7. The first-order valence-electron chi connectivity index (χ1n) is 23.7. The van der Waals surface area contributed by atoms with Gasteiger partial charge in [-0.05, 0) is 121 Å². The number of esters is 2. The van der Waals surface area contributed by atoms with Gasteiger partial charge in [0.1, 0.15) is 11.5 Å². The fourth-order valence-corrected chi connectivity index (χ4v) is 13.8. The van der Waals surface area contributed by atoms with Crippen molar-refractivity contribution in [3.8, 4) is 22.6 Å². The van der Waals surface area contributed by atoms with Crippen LogP contribution in [0.2, 0.25) is 0 Å². The van der Waals surface area contributed by atoms with E-state index in [0.29, 0.717) is 23.3 Å². The van der Waals surface area contributed by atoms with Gasteiger partial charge in [-0.3, -0.25) is 9.59 Å². The molecule has 0 saturated carbocycles. The maximum absolute atomic E-state index is 14.6. The maximum atomic E-state index is 14.6. The van der Waals surface area contributed by atoms with Crippen molar-refractivity contribution in [1.29, 1.82) is 0 Å². The van der Waals surface area contributed by atoms with Gasteiger partial charge in [0.25, 0.3) is 0 Å². The Kier molecular flexibility index (Phi) is 15.9. The van der Waals surface area contributed by atoms with Gasteiger partial charge >= 0.3 is 11.9 Å². The summed E-state index contributed by atoms with van der Waals surface area (Å²) in [5.41, 5.74) is 6.11. The van der Waals surface area contributed by atoms with Gasteiger partial charge in [-0.25, -0.2) is 0 Å². The smallest absolute Gasteiger partial charge is 0.318 e. The Labute approximate surface area is 405 Å². The molecule has 0 radical (unpaired) electrons. The molecule has 8 aromatic carbocycles. The summed E-state index contributed by atoms with van der Waals surface area (Å²) in [5, 5.41) is 6.25. The molecule has 0 spiro atoms. The van der Waals surface area contributed by atoms with E-state index in [-0.39, 0.29) is 11.9 Å². The SMILES string of the molecule is CC(C)Cc1ccc([C@H](C)C(=O)Oc2cccc(-c3cccc(OC(=O)[C@@H](C)c4ccc(CC(C)C)cc4)c3P(c3ccccc3)c3ccccc3)c2P(c2ccccc2)c2ccccc2)cc1. The molecule has 68 heavy (non-hydrogen) atoms. The van der Waals surface area contributed by atoms with Gasteiger partial charge in [-0.1, -0.05) is 222 Å². The number of carbonyl (C=O) groups excluding carboxylic acids is 2. The van der Waals surface area contributed by atoms with Crippen LogP contribution in [0.5, 0.6) is 11.5 Å². The molecule has 342 valence electrons. The van der Waals surface area contributed by atoms with Crippen molar-refractivity contribution in [2.45, 2.75) is 66.2 Å². The number of ether oxygens (including phenoxy) is 2. The first-order valence-corrected chi connectivity index (χ1v) is 26.4. The minimum atomic E-state index is -1.32. The monoisotopic (exact) mass is 930 g/mol. The lowest BCUT2D eigenvalue weighted by atomic mass is 9.97. The van der Waals surface area contributed by atoms with E-state index in [0.717, 1.165) is 66.9 Å². The van der Waals surface area contributed by atoms with Crippen LogP contribution in [0.25, 0.3) is 11.1 Å². The number of hydrogen-bond donors (Lipinski definition) is 0. The molecule has 2 atom stereocenters. The minimum Gasteiger partial charge on any atom is -0.425 e.